The molecule has 4 heterocycles. The number of nitrogens with zero attached hydrogens (tertiary/aromatic N) is 1. The van der Waals surface area contributed by atoms with Crippen molar-refractivity contribution in [1.82, 2.24) is 15.5 Å². The van der Waals surface area contributed by atoms with E-state index in [1.807, 2.05) is 0 Å². The van der Waals surface area contributed by atoms with Gasteiger partial charge in [-0.05, 0) is 80.6 Å². The summed E-state index contributed by atoms with van der Waals surface area (Å²) in [5, 5.41) is 8.58. The predicted molar refractivity (Wildman–Crippen MR) is 165 cm³/mol. The molecule has 0 bridgehead atoms. The summed E-state index contributed by atoms with van der Waals surface area (Å²) in [5.41, 5.74) is 0.565. The zero-order chi connectivity index (χ0) is 25.8. The quantitative estimate of drug-likeness (QED) is 0.357. The molecule has 8 rings (SSSR count). The average Bonchev–Trinajstić information content (AvgIpc) is 3.02. The lowest BCUT2D eigenvalue weighted by atomic mass is 9.16. The molecule has 2 N–H and O–H groups in total. The van der Waals surface area contributed by atoms with Gasteiger partial charge in [-0.2, -0.15) is 0 Å². The van der Waals surface area contributed by atoms with E-state index in [4.69, 9.17) is 0 Å². The van der Waals surface area contributed by atoms with Crippen molar-refractivity contribution in [3.05, 3.63) is 0 Å². The van der Waals surface area contributed by atoms with Crippen LogP contribution in [0.3, 0.4) is 0 Å². The van der Waals surface area contributed by atoms with Crippen molar-refractivity contribution in [2.24, 2.45) is 23.2 Å². The van der Waals surface area contributed by atoms with Crippen LogP contribution < -0.4 is 10.6 Å². The van der Waals surface area contributed by atoms with Crippen LogP contribution in [0.2, 0.25) is 17.5 Å². The molecule has 0 aromatic heterocycles. The molecule has 9 unspecified atom stereocenters. The van der Waals surface area contributed by atoms with Crippen LogP contribution in [0.25, 0.3) is 0 Å². The Labute approximate surface area is 241 Å². The first-order valence-electron chi connectivity index (χ1n) is 18.6. The molecule has 4 saturated carbocycles. The number of fused-ring (bicyclic) bond motifs is 8. The fourth-order valence-electron chi connectivity index (χ4n) is 14.1. The van der Waals surface area contributed by atoms with Gasteiger partial charge in [-0.25, -0.2) is 0 Å². The van der Waals surface area contributed by atoms with E-state index < -0.39 is 0 Å². The van der Waals surface area contributed by atoms with Crippen molar-refractivity contribution in [3.63, 3.8) is 0 Å². The van der Waals surface area contributed by atoms with E-state index in [0.717, 1.165) is 66.1 Å². The van der Waals surface area contributed by atoms with Gasteiger partial charge in [0.1, 0.15) is 0 Å². The second-order valence-corrected chi connectivity index (χ2v) is 16.1. The molecule has 8 fully saturated rings. The molecule has 8 aliphatic rings. The zero-order valence-electron chi connectivity index (χ0n) is 25.3. The fraction of sp³-hybridized carbons (Fsp3) is 1.00. The van der Waals surface area contributed by atoms with Crippen LogP contribution in [-0.2, 0) is 0 Å². The summed E-state index contributed by atoms with van der Waals surface area (Å²) < 4.78 is 0. The highest BCUT2D eigenvalue weighted by Gasteiger charge is 2.71. The molecule has 0 aromatic carbocycles. The topological polar surface area (TPSA) is 27.3 Å². The summed E-state index contributed by atoms with van der Waals surface area (Å²) in [7, 11) is 0. The van der Waals surface area contributed by atoms with E-state index in [-0.39, 0.29) is 0 Å². The van der Waals surface area contributed by atoms with E-state index in [1.54, 1.807) is 44.9 Å². The van der Waals surface area contributed by atoms with E-state index >= 15 is 0 Å². The fourth-order valence-corrected chi connectivity index (χ4v) is 14.1. The van der Waals surface area contributed by atoms with Crippen molar-refractivity contribution in [1.29, 1.82) is 0 Å². The molecule has 4 saturated heterocycles. The van der Waals surface area contributed by atoms with E-state index in [1.165, 1.54) is 110 Å². The molecule has 4 aliphatic carbocycles. The Kier molecular flexibility index (Phi) is 7.64. The highest BCUT2D eigenvalue weighted by Crippen LogP contribution is 2.70. The summed E-state index contributed by atoms with van der Waals surface area (Å²) in [6, 6.07) is 3.50. The Morgan fingerprint density at radius 2 is 1.21 bits per heavy atom. The largest absolute Gasteiger partial charge is 0.316 e. The minimum absolute atomic E-state index is 0.565. The van der Waals surface area contributed by atoms with Gasteiger partial charge in [0, 0.05) is 30.7 Å². The molecule has 3 nitrogen and oxygen atoms in total. The van der Waals surface area contributed by atoms with Gasteiger partial charge in [-0.1, -0.05) is 108 Å². The van der Waals surface area contributed by atoms with Crippen molar-refractivity contribution in [2.45, 2.75) is 176 Å². The molecule has 0 radical (unpaired) electrons. The summed E-state index contributed by atoms with van der Waals surface area (Å²) in [6.45, 7) is 4.97. The first kappa shape index (κ1) is 26.6. The minimum Gasteiger partial charge on any atom is -0.316 e. The molecule has 4 aliphatic heterocycles. The molecule has 0 amide bonds. The highest BCUT2D eigenvalue weighted by atomic mass is 15.3. The molecular formula is C35H60BN3. The van der Waals surface area contributed by atoms with Gasteiger partial charge < -0.3 is 10.6 Å². The van der Waals surface area contributed by atoms with E-state index in [2.05, 4.69) is 15.5 Å². The molecule has 39 heavy (non-hydrogen) atoms. The van der Waals surface area contributed by atoms with Gasteiger partial charge in [0.2, 0.25) is 0 Å². The van der Waals surface area contributed by atoms with Crippen molar-refractivity contribution in [3.8, 4) is 0 Å². The van der Waals surface area contributed by atoms with Gasteiger partial charge >= 0.3 is 0 Å². The van der Waals surface area contributed by atoms with Gasteiger partial charge in [0.15, 0.2) is 6.71 Å². The Balaban J connectivity index is 1.26. The first-order valence-corrected chi connectivity index (χ1v) is 18.6. The lowest BCUT2D eigenvalue weighted by Gasteiger charge is -2.74. The van der Waals surface area contributed by atoms with Crippen molar-refractivity contribution in [2.75, 3.05) is 19.6 Å². The minimum atomic E-state index is 0.565. The van der Waals surface area contributed by atoms with Gasteiger partial charge in [0.05, 0.1) is 0 Å². The molecule has 0 aromatic rings. The Hall–Kier alpha value is -0.0551. The second-order valence-electron chi connectivity index (χ2n) is 16.1. The van der Waals surface area contributed by atoms with Crippen LogP contribution in [0.5, 0.6) is 0 Å². The lowest BCUT2D eigenvalue weighted by Crippen LogP contribution is -2.79. The highest BCUT2D eigenvalue weighted by molar-refractivity contribution is 6.64. The first-order chi connectivity index (χ1) is 19.4. The van der Waals surface area contributed by atoms with E-state index in [0.29, 0.717) is 5.41 Å². The number of piperidine rings is 3. The molecule has 9 atom stereocenters. The van der Waals surface area contributed by atoms with Crippen LogP contribution in [0.15, 0.2) is 0 Å². The van der Waals surface area contributed by atoms with Gasteiger partial charge in [-0.3, -0.25) is 4.90 Å². The number of hydrogen-bond acceptors (Lipinski definition) is 3. The Morgan fingerprint density at radius 1 is 0.538 bits per heavy atom. The Morgan fingerprint density at radius 3 is 2.05 bits per heavy atom. The third kappa shape index (κ3) is 4.21. The standard InChI is InChI=1S/C35H60BN3/c1-3-12-25(13-4-1)36-30-18-9-7-16-27(30)35(34-31(36)19-11-22-38-34)28-17-8-10-20-32(28)39(26-14-5-2-6-15-26)33-21-23-37-24-29(33)35/h25-34,37-38H,1-24H2. The maximum atomic E-state index is 4.50. The number of rotatable bonds is 2. The maximum absolute atomic E-state index is 4.50. The van der Waals surface area contributed by atoms with Crippen LogP contribution in [0.4, 0.5) is 0 Å². The zero-order valence-corrected chi connectivity index (χ0v) is 25.3. The molecule has 1 spiro atoms. The lowest BCUT2D eigenvalue weighted by molar-refractivity contribution is -0.198. The Bertz CT molecular complexity index is 716. The van der Waals surface area contributed by atoms with Crippen molar-refractivity contribution >= 4 is 6.71 Å². The predicted octanol–water partition coefficient (Wildman–Crippen LogP) is 7.68. The molecule has 4 heteroatoms. The van der Waals surface area contributed by atoms with E-state index in [9.17, 15) is 0 Å². The summed E-state index contributed by atoms with van der Waals surface area (Å²) in [5.74, 6) is 5.95. The number of hydrogen-bond donors (Lipinski definition) is 2. The summed E-state index contributed by atoms with van der Waals surface area (Å²) in [4.78, 5) is 3.32. The number of likely N-dealkylation sites (tertiary alicyclic amines) is 1. The average molecular weight is 534 g/mol. The molecular weight excluding hydrogens is 473 g/mol. The van der Waals surface area contributed by atoms with Gasteiger partial charge in [0.25, 0.3) is 0 Å². The summed E-state index contributed by atoms with van der Waals surface area (Å²) >= 11 is 0. The van der Waals surface area contributed by atoms with Crippen LogP contribution in [0, 0.1) is 23.2 Å². The van der Waals surface area contributed by atoms with Crippen LogP contribution in [0.1, 0.15) is 135 Å². The third-order valence-corrected chi connectivity index (χ3v) is 14.9. The van der Waals surface area contributed by atoms with Crippen molar-refractivity contribution < 1.29 is 0 Å². The maximum Gasteiger partial charge on any atom is 0.151 e. The monoisotopic (exact) mass is 533 g/mol. The van der Waals surface area contributed by atoms with Gasteiger partial charge in [-0.15, -0.1) is 0 Å². The SMILES string of the molecule is C1CCC(B2C3CCCCC3C3(C4CCCCC4N(C4CCCCC4)C4CCNCC43)C3NCCCC23)CC1. The second kappa shape index (κ2) is 11.2. The summed E-state index contributed by atoms with van der Waals surface area (Å²) in [6.07, 6.45) is 32.0. The third-order valence-electron chi connectivity index (χ3n) is 14.9. The van der Waals surface area contributed by atoms with Crippen LogP contribution >= 0.6 is 0 Å². The van der Waals surface area contributed by atoms with Crippen LogP contribution in [-0.4, -0.2) is 55.4 Å². The normalized spacial score (nSPS) is 48.2. The number of nitrogens with one attached hydrogen (secondary N) is 2. The smallest absolute Gasteiger partial charge is 0.151 e. The molecule has 218 valence electrons.